The van der Waals surface area contributed by atoms with Crippen LogP contribution in [0, 0.1) is 5.92 Å². The Hall–Kier alpha value is -1.07. The second-order valence-corrected chi connectivity index (χ2v) is 5.28. The summed E-state index contributed by atoms with van der Waals surface area (Å²) in [4.78, 5) is 0. The fourth-order valence-corrected chi connectivity index (χ4v) is 1.76. The molecule has 1 aromatic rings. The van der Waals surface area contributed by atoms with Gasteiger partial charge in [-0.1, -0.05) is 32.0 Å². The molecule has 0 heterocycles. The number of halogens is 3. The van der Waals surface area contributed by atoms with E-state index in [0.29, 0.717) is 6.54 Å². The maximum absolute atomic E-state index is 12.9. The molecule has 0 aliphatic rings. The first-order chi connectivity index (χ1) is 8.70. The molecule has 19 heavy (non-hydrogen) atoms. The van der Waals surface area contributed by atoms with E-state index in [-0.39, 0.29) is 23.6 Å². The normalized spacial score (nSPS) is 15.6. The van der Waals surface area contributed by atoms with Crippen molar-refractivity contribution in [2.45, 2.75) is 39.0 Å². The first-order valence-electron chi connectivity index (χ1n) is 6.31. The summed E-state index contributed by atoms with van der Waals surface area (Å²) in [5.74, 6) is 0.232. The average Bonchev–Trinajstić information content (AvgIpc) is 2.35. The smallest absolute Gasteiger partial charge is 0.329 e. The van der Waals surface area contributed by atoms with Crippen LogP contribution in [0.15, 0.2) is 24.3 Å². The first-order valence-corrected chi connectivity index (χ1v) is 6.31. The van der Waals surface area contributed by atoms with Crippen LogP contribution in [0.4, 0.5) is 13.2 Å². The van der Waals surface area contributed by atoms with Gasteiger partial charge in [0.25, 0.3) is 0 Å². The van der Waals surface area contributed by atoms with Crippen LogP contribution in [-0.4, -0.2) is 12.1 Å². The lowest BCUT2D eigenvalue weighted by molar-refractivity contribution is -0.138. The highest BCUT2D eigenvalue weighted by atomic mass is 19.4. The van der Waals surface area contributed by atoms with E-state index in [1.165, 1.54) is 12.1 Å². The Morgan fingerprint density at radius 3 is 2.26 bits per heavy atom. The molecule has 2 nitrogen and oxygen atoms in total. The van der Waals surface area contributed by atoms with Crippen LogP contribution in [0.2, 0.25) is 0 Å². The number of hydrogen-bond donors (Lipinski definition) is 2. The van der Waals surface area contributed by atoms with Crippen molar-refractivity contribution in [3.05, 3.63) is 35.4 Å². The van der Waals surface area contributed by atoms with Crippen LogP contribution in [-0.2, 0) is 12.7 Å². The van der Waals surface area contributed by atoms with Gasteiger partial charge >= 0.3 is 6.18 Å². The third kappa shape index (κ3) is 3.94. The van der Waals surface area contributed by atoms with Crippen LogP contribution < -0.4 is 11.1 Å². The van der Waals surface area contributed by atoms with Crippen molar-refractivity contribution in [1.29, 1.82) is 0 Å². The Bertz CT molecular complexity index is 415. The molecule has 0 saturated heterocycles. The van der Waals surface area contributed by atoms with E-state index >= 15 is 0 Å². The predicted octanol–water partition coefficient (Wildman–Crippen LogP) is 3.17. The number of hydrogen-bond acceptors (Lipinski definition) is 2. The summed E-state index contributed by atoms with van der Waals surface area (Å²) in [6, 6.07) is 5.61. The van der Waals surface area contributed by atoms with E-state index in [1.54, 1.807) is 6.07 Å². The van der Waals surface area contributed by atoms with Crippen LogP contribution in [0.1, 0.15) is 31.9 Å². The van der Waals surface area contributed by atoms with Crippen molar-refractivity contribution in [2.75, 3.05) is 6.54 Å². The van der Waals surface area contributed by atoms with E-state index in [9.17, 15) is 13.2 Å². The molecule has 5 heteroatoms. The quantitative estimate of drug-likeness (QED) is 0.865. The van der Waals surface area contributed by atoms with Gasteiger partial charge in [0.1, 0.15) is 0 Å². The maximum atomic E-state index is 12.9. The van der Waals surface area contributed by atoms with Crippen molar-refractivity contribution in [3.63, 3.8) is 0 Å². The minimum atomic E-state index is -4.32. The third-order valence-electron chi connectivity index (χ3n) is 3.70. The Morgan fingerprint density at radius 2 is 1.79 bits per heavy atom. The monoisotopic (exact) mass is 274 g/mol. The molecule has 3 N–H and O–H groups in total. The van der Waals surface area contributed by atoms with E-state index in [1.807, 2.05) is 20.8 Å². The zero-order valence-electron chi connectivity index (χ0n) is 11.5. The molecule has 0 radical (unpaired) electrons. The molecule has 0 aromatic heterocycles. The first kappa shape index (κ1) is 16.0. The second-order valence-electron chi connectivity index (χ2n) is 5.28. The fraction of sp³-hybridized carbons (Fsp3) is 0.571. The largest absolute Gasteiger partial charge is 0.416 e. The Labute approximate surface area is 112 Å². The van der Waals surface area contributed by atoms with Crippen LogP contribution >= 0.6 is 0 Å². The molecule has 0 aliphatic heterocycles. The molecule has 0 saturated carbocycles. The minimum Gasteiger partial charge on any atom is -0.329 e. The summed E-state index contributed by atoms with van der Waals surface area (Å²) >= 11 is 0. The summed E-state index contributed by atoms with van der Waals surface area (Å²) in [6.45, 7) is 6.44. The average molecular weight is 274 g/mol. The summed E-state index contributed by atoms with van der Waals surface area (Å²) in [6.07, 6.45) is -4.32. The van der Waals surface area contributed by atoms with E-state index < -0.39 is 11.7 Å². The van der Waals surface area contributed by atoms with Crippen molar-refractivity contribution in [2.24, 2.45) is 11.7 Å². The molecular formula is C14H21F3N2. The summed E-state index contributed by atoms with van der Waals surface area (Å²) in [7, 11) is 0. The van der Waals surface area contributed by atoms with Crippen molar-refractivity contribution in [3.8, 4) is 0 Å². The third-order valence-corrected chi connectivity index (χ3v) is 3.70. The van der Waals surface area contributed by atoms with Crippen molar-refractivity contribution < 1.29 is 13.2 Å². The fourth-order valence-electron chi connectivity index (χ4n) is 1.76. The molecule has 1 rings (SSSR count). The molecule has 0 bridgehead atoms. The number of nitrogens with two attached hydrogens (primary N) is 1. The molecule has 1 unspecified atom stereocenters. The van der Waals surface area contributed by atoms with E-state index in [4.69, 9.17) is 5.73 Å². The zero-order chi connectivity index (χ0) is 14.7. The number of rotatable bonds is 5. The standard InChI is InChI=1S/C14H21F3N2/c1-10(2)13(3,9-18)19-8-11-6-4-5-7-12(11)14(15,16)17/h4-7,10,19H,8-9,18H2,1-3H3. The molecule has 0 amide bonds. The summed E-state index contributed by atoms with van der Waals surface area (Å²) < 4.78 is 38.6. The van der Waals surface area contributed by atoms with Crippen LogP contribution in [0.25, 0.3) is 0 Å². The van der Waals surface area contributed by atoms with Crippen molar-refractivity contribution in [1.82, 2.24) is 5.32 Å². The van der Waals surface area contributed by atoms with Gasteiger partial charge in [-0.2, -0.15) is 13.2 Å². The van der Waals surface area contributed by atoms with Gasteiger partial charge in [-0.05, 0) is 24.5 Å². The lowest BCUT2D eigenvalue weighted by atomic mass is 9.88. The minimum absolute atomic E-state index is 0.154. The molecule has 0 spiro atoms. The van der Waals surface area contributed by atoms with Crippen LogP contribution in [0.3, 0.4) is 0 Å². The summed E-state index contributed by atoms with van der Waals surface area (Å²) in [5, 5.41) is 3.15. The molecule has 1 aromatic carbocycles. The maximum Gasteiger partial charge on any atom is 0.416 e. The predicted molar refractivity (Wildman–Crippen MR) is 70.6 cm³/mol. The highest BCUT2D eigenvalue weighted by molar-refractivity contribution is 5.29. The van der Waals surface area contributed by atoms with Gasteiger partial charge < -0.3 is 11.1 Å². The lowest BCUT2D eigenvalue weighted by Crippen LogP contribution is -2.52. The topological polar surface area (TPSA) is 38.0 Å². The van der Waals surface area contributed by atoms with Crippen LogP contribution in [0.5, 0.6) is 0 Å². The lowest BCUT2D eigenvalue weighted by Gasteiger charge is -2.34. The Balaban J connectivity index is 2.90. The molecule has 1 atom stereocenters. The summed E-state index contributed by atoms with van der Waals surface area (Å²) in [5.41, 5.74) is 4.99. The second kappa shape index (κ2) is 5.92. The van der Waals surface area contributed by atoms with Gasteiger partial charge in [0.2, 0.25) is 0 Å². The molecule has 108 valence electrons. The van der Waals surface area contributed by atoms with Gasteiger partial charge in [-0.25, -0.2) is 0 Å². The SMILES string of the molecule is CC(C)C(C)(CN)NCc1ccccc1C(F)(F)F. The van der Waals surface area contributed by atoms with E-state index in [0.717, 1.165) is 6.07 Å². The number of nitrogens with one attached hydrogen (secondary N) is 1. The Kier molecular flexibility index (Phi) is 4.98. The molecular weight excluding hydrogens is 253 g/mol. The zero-order valence-corrected chi connectivity index (χ0v) is 11.5. The number of benzene rings is 1. The van der Waals surface area contributed by atoms with Gasteiger partial charge in [0, 0.05) is 18.6 Å². The Morgan fingerprint density at radius 1 is 1.21 bits per heavy atom. The van der Waals surface area contributed by atoms with Gasteiger partial charge in [-0.15, -0.1) is 0 Å². The molecule has 0 aliphatic carbocycles. The van der Waals surface area contributed by atoms with Gasteiger partial charge in [0.05, 0.1) is 5.56 Å². The molecule has 0 fully saturated rings. The van der Waals surface area contributed by atoms with Gasteiger partial charge in [0.15, 0.2) is 0 Å². The van der Waals surface area contributed by atoms with E-state index in [2.05, 4.69) is 5.32 Å². The number of alkyl halides is 3. The highest BCUT2D eigenvalue weighted by Crippen LogP contribution is 2.32. The van der Waals surface area contributed by atoms with Gasteiger partial charge in [-0.3, -0.25) is 0 Å². The van der Waals surface area contributed by atoms with Crippen molar-refractivity contribution >= 4 is 0 Å². The highest BCUT2D eigenvalue weighted by Gasteiger charge is 2.33.